The minimum atomic E-state index is 1.27. The zero-order valence-corrected chi connectivity index (χ0v) is 17.7. The van der Waals surface area contributed by atoms with Crippen molar-refractivity contribution in [2.24, 2.45) is 0 Å². The van der Waals surface area contributed by atoms with Gasteiger partial charge in [0.1, 0.15) is 0 Å². The van der Waals surface area contributed by atoms with Crippen LogP contribution in [0.3, 0.4) is 0 Å². The van der Waals surface area contributed by atoms with Crippen molar-refractivity contribution in [3.63, 3.8) is 0 Å². The molecule has 0 bridgehead atoms. The number of aryl methyl sites for hydroxylation is 3. The summed E-state index contributed by atoms with van der Waals surface area (Å²) in [6, 6.07) is 26.1. The second-order valence-corrected chi connectivity index (χ2v) is 9.63. The van der Waals surface area contributed by atoms with Crippen molar-refractivity contribution in [1.29, 1.82) is 0 Å². The fraction of sp³-hybridized carbons (Fsp3) is 0.130. The van der Waals surface area contributed by atoms with Gasteiger partial charge in [-0.05, 0) is 62.6 Å². The van der Waals surface area contributed by atoms with Gasteiger partial charge in [-0.25, -0.2) is 0 Å². The van der Waals surface area contributed by atoms with Crippen molar-refractivity contribution < 1.29 is 0 Å². The van der Waals surface area contributed by atoms with Gasteiger partial charge in [0.15, 0.2) is 0 Å². The van der Waals surface area contributed by atoms with Crippen molar-refractivity contribution >= 4 is 35.3 Å². The molecule has 0 radical (unpaired) electrons. The van der Waals surface area contributed by atoms with E-state index in [0.717, 1.165) is 0 Å². The maximum atomic E-state index is 2.26. The Balaban J connectivity index is 1.79. The molecule has 3 aromatic carbocycles. The van der Waals surface area contributed by atoms with E-state index < -0.39 is 0 Å². The molecule has 0 aliphatic heterocycles. The molecule has 0 unspecified atom stereocenters. The third-order valence-corrected chi connectivity index (χ3v) is 7.14. The zero-order valence-electron chi connectivity index (χ0n) is 15.2. The smallest absolute Gasteiger partial charge is 0.0565 e. The average Bonchev–Trinajstić information content (AvgIpc) is 2.65. The zero-order chi connectivity index (χ0) is 18.4. The molecule has 0 N–H and O–H groups in total. The summed E-state index contributed by atoms with van der Waals surface area (Å²) >= 11 is 5.42. The van der Waals surface area contributed by atoms with E-state index in [1.165, 1.54) is 35.6 Å². The predicted molar refractivity (Wildman–Crippen MR) is 119 cm³/mol. The fourth-order valence-electron chi connectivity index (χ4n) is 2.25. The van der Waals surface area contributed by atoms with Crippen LogP contribution in [0.5, 0.6) is 0 Å². The van der Waals surface area contributed by atoms with Crippen LogP contribution in [0, 0.1) is 20.8 Å². The molecule has 0 aromatic heterocycles. The molecule has 0 saturated carbocycles. The molecule has 0 aliphatic rings. The van der Waals surface area contributed by atoms with Crippen LogP contribution in [0.4, 0.5) is 0 Å². The molecule has 0 saturated heterocycles. The average molecular weight is 395 g/mol. The maximum absolute atomic E-state index is 2.26. The molecule has 0 aliphatic carbocycles. The summed E-state index contributed by atoms with van der Waals surface area (Å²) in [5, 5.41) is 2.26. The van der Waals surface area contributed by atoms with E-state index in [4.69, 9.17) is 0 Å². The summed E-state index contributed by atoms with van der Waals surface area (Å²) in [5.74, 6) is 0. The molecule has 0 spiro atoms. The third kappa shape index (κ3) is 6.01. The summed E-state index contributed by atoms with van der Waals surface area (Å²) in [4.78, 5) is 3.80. The summed E-state index contributed by atoms with van der Waals surface area (Å²) in [7, 11) is 0. The lowest BCUT2D eigenvalue weighted by molar-refractivity contribution is 1.38. The molecule has 0 nitrogen and oxygen atoms in total. The number of thioether (sulfide) groups is 3. The summed E-state index contributed by atoms with van der Waals surface area (Å²) < 4.78 is 1.28. The third-order valence-electron chi connectivity index (χ3n) is 3.79. The number of benzene rings is 3. The van der Waals surface area contributed by atoms with E-state index in [9.17, 15) is 0 Å². The lowest BCUT2D eigenvalue weighted by Gasteiger charge is -2.08. The topological polar surface area (TPSA) is 0 Å². The second-order valence-electron chi connectivity index (χ2n) is 6.20. The molecule has 26 heavy (non-hydrogen) atoms. The normalized spacial score (nSPS) is 10.6. The van der Waals surface area contributed by atoms with Gasteiger partial charge in [-0.15, -0.1) is 0 Å². The molecule has 3 aromatic rings. The first kappa shape index (κ1) is 19.2. The molecule has 0 fully saturated rings. The molecular formula is C23H22S3. The Morgan fingerprint density at radius 2 is 0.885 bits per heavy atom. The van der Waals surface area contributed by atoms with Crippen LogP contribution in [0.15, 0.2) is 97.1 Å². The van der Waals surface area contributed by atoms with Gasteiger partial charge in [0, 0.05) is 14.7 Å². The molecule has 3 heteroatoms. The Kier molecular flexibility index (Phi) is 6.95. The summed E-state index contributed by atoms with van der Waals surface area (Å²) in [5.41, 5.74) is 3.88. The van der Waals surface area contributed by atoms with Crippen molar-refractivity contribution in [2.45, 2.75) is 35.5 Å². The maximum Gasteiger partial charge on any atom is 0.0565 e. The molecule has 0 atom stereocenters. The molecule has 132 valence electrons. The first-order valence-corrected chi connectivity index (χ1v) is 11.0. The van der Waals surface area contributed by atoms with Gasteiger partial charge in [-0.2, -0.15) is 0 Å². The van der Waals surface area contributed by atoms with Gasteiger partial charge >= 0.3 is 0 Å². The molecule has 3 rings (SSSR count). The SMILES string of the molecule is Cc1ccc(SC=C(Sc2ccc(C)cc2)Sc2ccc(C)cc2)cc1. The highest BCUT2D eigenvalue weighted by Crippen LogP contribution is 2.41. The van der Waals surface area contributed by atoms with Gasteiger partial charge in [0.25, 0.3) is 0 Å². The van der Waals surface area contributed by atoms with Gasteiger partial charge in [-0.3, -0.25) is 0 Å². The van der Waals surface area contributed by atoms with Crippen LogP contribution < -0.4 is 0 Å². The first-order chi connectivity index (χ1) is 12.6. The minimum Gasteiger partial charge on any atom is -0.0963 e. The highest BCUT2D eigenvalue weighted by molar-refractivity contribution is 8.23. The van der Waals surface area contributed by atoms with E-state index in [2.05, 4.69) is 99.0 Å². The van der Waals surface area contributed by atoms with Crippen molar-refractivity contribution in [3.8, 4) is 0 Å². The second kappa shape index (κ2) is 9.40. The highest BCUT2D eigenvalue weighted by atomic mass is 32.2. The van der Waals surface area contributed by atoms with E-state index >= 15 is 0 Å². The monoisotopic (exact) mass is 394 g/mol. The van der Waals surface area contributed by atoms with Gasteiger partial charge in [0.2, 0.25) is 0 Å². The molecule has 0 heterocycles. The van der Waals surface area contributed by atoms with Crippen molar-refractivity contribution in [2.75, 3.05) is 0 Å². The molecule has 0 amide bonds. The standard InChI is InChI=1S/C23H22S3/c1-17-4-10-20(11-5-17)24-16-23(25-21-12-6-18(2)7-13-21)26-22-14-8-19(3)9-15-22/h4-16H,1-3H3. The highest BCUT2D eigenvalue weighted by Gasteiger charge is 2.05. The Labute approximate surface area is 169 Å². The lowest BCUT2D eigenvalue weighted by atomic mass is 10.2. The van der Waals surface area contributed by atoms with Crippen LogP contribution in [-0.4, -0.2) is 0 Å². The molecular weight excluding hydrogens is 372 g/mol. The van der Waals surface area contributed by atoms with E-state index in [1.54, 1.807) is 11.8 Å². The van der Waals surface area contributed by atoms with Gasteiger partial charge < -0.3 is 0 Å². The van der Waals surface area contributed by atoms with Crippen LogP contribution in [-0.2, 0) is 0 Å². The van der Waals surface area contributed by atoms with Crippen LogP contribution >= 0.6 is 35.3 Å². The van der Waals surface area contributed by atoms with E-state index in [-0.39, 0.29) is 0 Å². The van der Waals surface area contributed by atoms with Gasteiger partial charge in [-0.1, -0.05) is 88.4 Å². The fourth-order valence-corrected chi connectivity index (χ4v) is 5.20. The lowest BCUT2D eigenvalue weighted by Crippen LogP contribution is -1.78. The largest absolute Gasteiger partial charge is 0.0963 e. The Hall–Kier alpha value is -1.55. The Bertz CT molecular complexity index is 811. The summed E-state index contributed by atoms with van der Waals surface area (Å²) in [6.45, 7) is 6.37. The van der Waals surface area contributed by atoms with Crippen LogP contribution in [0.2, 0.25) is 0 Å². The Morgan fingerprint density at radius 1 is 0.538 bits per heavy atom. The Morgan fingerprint density at radius 3 is 1.27 bits per heavy atom. The quantitative estimate of drug-likeness (QED) is 0.388. The predicted octanol–water partition coefficient (Wildman–Crippen LogP) is 8.09. The van der Waals surface area contributed by atoms with E-state index in [1.807, 2.05) is 23.5 Å². The first-order valence-electron chi connectivity index (χ1n) is 8.51. The minimum absolute atomic E-state index is 1.27. The van der Waals surface area contributed by atoms with E-state index in [0.29, 0.717) is 0 Å². The number of hydrogen-bond donors (Lipinski definition) is 0. The summed E-state index contributed by atoms with van der Waals surface area (Å²) in [6.07, 6.45) is 0. The van der Waals surface area contributed by atoms with Crippen molar-refractivity contribution in [1.82, 2.24) is 0 Å². The number of hydrogen-bond acceptors (Lipinski definition) is 3. The van der Waals surface area contributed by atoms with Crippen LogP contribution in [0.25, 0.3) is 0 Å². The van der Waals surface area contributed by atoms with Crippen LogP contribution in [0.1, 0.15) is 16.7 Å². The van der Waals surface area contributed by atoms with Gasteiger partial charge in [0.05, 0.1) is 4.24 Å². The van der Waals surface area contributed by atoms with Crippen molar-refractivity contribution in [3.05, 3.63) is 99.1 Å². The number of rotatable bonds is 6.